The van der Waals surface area contributed by atoms with Crippen molar-refractivity contribution in [2.75, 3.05) is 6.61 Å². The third kappa shape index (κ3) is 7.28. The molecule has 1 fully saturated rings. The van der Waals surface area contributed by atoms with E-state index in [9.17, 15) is 40.3 Å². The van der Waals surface area contributed by atoms with Crippen LogP contribution in [0.5, 0.6) is 0 Å². The average Bonchev–Trinajstić information content (AvgIpc) is 3.40. The fourth-order valence-corrected chi connectivity index (χ4v) is 6.35. The molecule has 0 bridgehead atoms. The predicted octanol–water partition coefficient (Wildman–Crippen LogP) is 6.81. The van der Waals surface area contributed by atoms with Crippen LogP contribution in [-0.2, 0) is 15.1 Å². The molecule has 3 N–H and O–H groups in total. The molecule has 3 heterocycles. The maximum absolute atomic E-state index is 14.8. The highest BCUT2D eigenvalue weighted by molar-refractivity contribution is 6.07. The molecule has 2 aliphatic rings. The van der Waals surface area contributed by atoms with Crippen molar-refractivity contribution >= 4 is 18.0 Å². The molecule has 0 spiro atoms. The van der Waals surface area contributed by atoms with E-state index in [1.165, 1.54) is 36.7 Å². The SMILES string of the molecule is CC(C)(C)C[C@]1(c2ccc(-c3cnn(C(F)F)c3)cc2)N=C(N)N([C@H](COC(=O)NC2(C(F)(F)F)CC2)c2ccc(-n3ncnc3C(F)F)cc2)C1=O. The molecule has 0 unspecified atom stereocenters. The molecule has 2 amide bonds. The quantitative estimate of drug-likeness (QED) is 0.160. The van der Waals surface area contributed by atoms with Gasteiger partial charge in [-0.15, -0.1) is 0 Å². The van der Waals surface area contributed by atoms with Crippen LogP contribution in [0, 0.1) is 5.41 Å². The van der Waals surface area contributed by atoms with E-state index >= 15 is 0 Å². The summed E-state index contributed by atoms with van der Waals surface area (Å²) in [5.41, 5.74) is 3.64. The van der Waals surface area contributed by atoms with Crippen molar-refractivity contribution in [3.63, 3.8) is 0 Å². The van der Waals surface area contributed by atoms with Gasteiger partial charge in [-0.3, -0.25) is 9.69 Å². The lowest BCUT2D eigenvalue weighted by molar-refractivity contribution is -0.164. The first-order valence-electron chi connectivity index (χ1n) is 16.3. The van der Waals surface area contributed by atoms with Gasteiger partial charge in [0.25, 0.3) is 12.3 Å². The van der Waals surface area contributed by atoms with E-state index in [4.69, 9.17) is 10.5 Å². The van der Waals surface area contributed by atoms with E-state index in [0.29, 0.717) is 21.4 Å². The number of hydrogen-bond donors (Lipinski definition) is 2. The fraction of sp³-hybridized carbons (Fsp3) is 0.412. The standard InChI is InChI=1S/C34H34F7N9O3/c1-31(2,3)17-33(22-8-4-19(5-9-22)21-14-44-48(15-21)28(37)38)27(51)49(29(42)46-33)24(16-53-30(52)47-32(12-13-32)34(39,40)41)20-6-10-23(11-7-20)50-26(25(35)36)43-18-45-50/h4-11,14-15,18,24-25,28H,12-13,16-17H2,1-3H3,(H2,42,46)(H,47,52)/t24-,33-/m1/s1. The van der Waals surface area contributed by atoms with Crippen LogP contribution in [0.25, 0.3) is 16.8 Å². The van der Waals surface area contributed by atoms with Gasteiger partial charge in [0, 0.05) is 11.8 Å². The molecular weight excluding hydrogens is 715 g/mol. The molecule has 12 nitrogen and oxygen atoms in total. The number of halogens is 7. The summed E-state index contributed by atoms with van der Waals surface area (Å²) in [6.45, 7) is 2.11. The number of hydrogen-bond acceptors (Lipinski definition) is 8. The summed E-state index contributed by atoms with van der Waals surface area (Å²) in [6, 6.07) is 10.9. The number of nitrogens with one attached hydrogen (secondary N) is 1. The number of benzene rings is 2. The Balaban J connectivity index is 1.35. The van der Waals surface area contributed by atoms with Crippen molar-refractivity contribution in [3.05, 3.63) is 84.2 Å². The number of carbonyl (C=O) groups is 2. The maximum atomic E-state index is 14.8. The zero-order valence-electron chi connectivity index (χ0n) is 28.5. The van der Waals surface area contributed by atoms with Gasteiger partial charge in [0.15, 0.2) is 17.3 Å². The molecule has 1 aliphatic heterocycles. The van der Waals surface area contributed by atoms with E-state index in [-0.39, 0.29) is 36.5 Å². The van der Waals surface area contributed by atoms with Gasteiger partial charge in [-0.1, -0.05) is 57.2 Å². The van der Waals surface area contributed by atoms with E-state index in [0.717, 1.165) is 15.9 Å². The second kappa shape index (κ2) is 13.5. The molecule has 282 valence electrons. The third-order valence-corrected chi connectivity index (χ3v) is 9.02. The Morgan fingerprint density at radius 3 is 2.19 bits per heavy atom. The predicted molar refractivity (Wildman–Crippen MR) is 175 cm³/mol. The van der Waals surface area contributed by atoms with Gasteiger partial charge >= 0.3 is 18.8 Å². The number of aliphatic imine (C=N–C) groups is 1. The van der Waals surface area contributed by atoms with Crippen LogP contribution < -0.4 is 11.1 Å². The molecule has 19 heteroatoms. The second-order valence-corrected chi connectivity index (χ2v) is 14.0. The molecule has 6 rings (SSSR count). The molecule has 2 atom stereocenters. The number of alkyl halides is 7. The van der Waals surface area contributed by atoms with E-state index in [1.54, 1.807) is 24.3 Å². The number of rotatable bonds is 11. The van der Waals surface area contributed by atoms with E-state index < -0.39 is 66.1 Å². The second-order valence-electron chi connectivity index (χ2n) is 14.0. The minimum absolute atomic E-state index is 0.114. The van der Waals surface area contributed by atoms with Crippen molar-refractivity contribution in [2.24, 2.45) is 16.1 Å². The Morgan fingerprint density at radius 2 is 1.64 bits per heavy atom. The highest BCUT2D eigenvalue weighted by Crippen LogP contribution is 2.49. The smallest absolute Gasteiger partial charge is 0.411 e. The van der Waals surface area contributed by atoms with Crippen LogP contribution in [0.15, 0.2) is 72.2 Å². The van der Waals surface area contributed by atoms with Crippen LogP contribution in [0.3, 0.4) is 0 Å². The zero-order chi connectivity index (χ0) is 38.5. The lowest BCUT2D eigenvalue weighted by atomic mass is 9.75. The number of alkyl carbamates (subject to hydrolysis) is 1. The number of ether oxygens (including phenoxy) is 1. The molecule has 0 radical (unpaired) electrons. The van der Waals surface area contributed by atoms with Gasteiger partial charge in [-0.25, -0.2) is 32.9 Å². The van der Waals surface area contributed by atoms with E-state index in [1.807, 2.05) is 26.1 Å². The molecular formula is C34H34F7N9O3. The van der Waals surface area contributed by atoms with Crippen molar-refractivity contribution in [2.45, 2.75) is 76.3 Å². The minimum Gasteiger partial charge on any atom is -0.447 e. The molecule has 4 aromatic rings. The largest absolute Gasteiger partial charge is 0.447 e. The molecule has 53 heavy (non-hydrogen) atoms. The summed E-state index contributed by atoms with van der Waals surface area (Å²) in [5.74, 6) is -1.56. The lowest BCUT2D eigenvalue weighted by Crippen LogP contribution is -2.50. The number of nitrogens with zero attached hydrogens (tertiary/aromatic N) is 7. The monoisotopic (exact) mass is 749 g/mol. The van der Waals surface area contributed by atoms with Gasteiger partial charge in [-0.2, -0.15) is 32.1 Å². The number of guanidine groups is 1. The van der Waals surface area contributed by atoms with Gasteiger partial charge in [0.1, 0.15) is 18.5 Å². The summed E-state index contributed by atoms with van der Waals surface area (Å²) in [6.07, 6.45) is -6.18. The lowest BCUT2D eigenvalue weighted by Gasteiger charge is -2.35. The van der Waals surface area contributed by atoms with Gasteiger partial charge in [0.2, 0.25) is 0 Å². The average molecular weight is 750 g/mol. The van der Waals surface area contributed by atoms with Crippen LogP contribution in [0.2, 0.25) is 0 Å². The summed E-state index contributed by atoms with van der Waals surface area (Å²) < 4.78 is 101. The van der Waals surface area contributed by atoms with Crippen molar-refractivity contribution in [3.8, 4) is 16.8 Å². The van der Waals surface area contributed by atoms with Gasteiger partial charge in [-0.05, 0) is 53.5 Å². The number of amides is 2. The molecule has 0 saturated heterocycles. The number of nitrogens with two attached hydrogens (primary N) is 1. The number of carbonyl (C=O) groups excluding carboxylic acids is 2. The zero-order valence-corrected chi connectivity index (χ0v) is 28.5. The topological polar surface area (TPSA) is 146 Å². The first-order valence-corrected chi connectivity index (χ1v) is 16.3. The first kappa shape index (κ1) is 37.3. The van der Waals surface area contributed by atoms with Gasteiger partial charge < -0.3 is 15.8 Å². The summed E-state index contributed by atoms with van der Waals surface area (Å²) in [5, 5.41) is 9.38. The highest BCUT2D eigenvalue weighted by Gasteiger charge is 2.64. The Kier molecular flexibility index (Phi) is 9.49. The summed E-state index contributed by atoms with van der Waals surface area (Å²) in [4.78, 5) is 36.9. The van der Waals surface area contributed by atoms with Crippen molar-refractivity contribution in [1.82, 2.24) is 34.8 Å². The maximum Gasteiger partial charge on any atom is 0.411 e. The molecule has 1 aliphatic carbocycles. The normalized spacial score (nSPS) is 19.1. The van der Waals surface area contributed by atoms with Crippen molar-refractivity contribution in [1.29, 1.82) is 0 Å². The van der Waals surface area contributed by atoms with Crippen LogP contribution in [-0.4, -0.2) is 65.7 Å². The van der Waals surface area contributed by atoms with Crippen LogP contribution >= 0.6 is 0 Å². The third-order valence-electron chi connectivity index (χ3n) is 9.02. The Labute approximate surface area is 297 Å². The molecule has 1 saturated carbocycles. The summed E-state index contributed by atoms with van der Waals surface area (Å²) in [7, 11) is 0. The van der Waals surface area contributed by atoms with Gasteiger partial charge in [0.05, 0.1) is 17.9 Å². The first-order chi connectivity index (χ1) is 24.8. The molecule has 2 aromatic heterocycles. The Hall–Kier alpha value is -5.49. The molecule has 2 aromatic carbocycles. The summed E-state index contributed by atoms with van der Waals surface area (Å²) >= 11 is 0. The number of aromatic nitrogens is 5. The van der Waals surface area contributed by atoms with Crippen LogP contribution in [0.1, 0.15) is 76.0 Å². The fourth-order valence-electron chi connectivity index (χ4n) is 6.35. The Morgan fingerprint density at radius 1 is 0.981 bits per heavy atom. The Bertz CT molecular complexity index is 2000. The van der Waals surface area contributed by atoms with Crippen molar-refractivity contribution < 1.29 is 45.1 Å². The van der Waals surface area contributed by atoms with E-state index in [2.05, 4.69) is 20.2 Å². The van der Waals surface area contributed by atoms with Crippen LogP contribution in [0.4, 0.5) is 35.5 Å². The highest BCUT2D eigenvalue weighted by atomic mass is 19.4. The minimum atomic E-state index is -4.72.